The highest BCUT2D eigenvalue weighted by Gasteiger charge is 2.19. The first-order valence-electron chi connectivity index (χ1n) is 5.36. The van der Waals surface area contributed by atoms with Crippen LogP contribution in [0.5, 0.6) is 0 Å². The van der Waals surface area contributed by atoms with Gasteiger partial charge in [0, 0.05) is 11.4 Å². The summed E-state index contributed by atoms with van der Waals surface area (Å²) in [7, 11) is 0. The number of nitrogens with zero attached hydrogens (tertiary/aromatic N) is 1. The van der Waals surface area contributed by atoms with E-state index >= 15 is 0 Å². The summed E-state index contributed by atoms with van der Waals surface area (Å²) in [5.74, 6) is -0.0866. The maximum Gasteiger partial charge on any atom is 0.252 e. The number of nitrogens with two attached hydrogens (primary N) is 2. The number of amides is 1. The molecule has 1 heterocycles. The first-order chi connectivity index (χ1) is 8.04. The molecule has 0 spiro atoms. The molecule has 4 heteroatoms. The molecule has 4 nitrogen and oxygen atoms in total. The van der Waals surface area contributed by atoms with E-state index in [1.807, 2.05) is 48.7 Å². The van der Waals surface area contributed by atoms with Crippen molar-refractivity contribution in [2.75, 3.05) is 5.73 Å². The largest absolute Gasteiger partial charge is 0.384 e. The van der Waals surface area contributed by atoms with Crippen molar-refractivity contribution >= 4 is 11.7 Å². The minimum atomic E-state index is -0.488. The van der Waals surface area contributed by atoms with E-state index in [1.54, 1.807) is 0 Å². The Morgan fingerprint density at radius 3 is 2.24 bits per heavy atom. The number of nitrogen functional groups attached to an aromatic ring is 1. The van der Waals surface area contributed by atoms with Gasteiger partial charge in [-0.05, 0) is 31.5 Å². The average Bonchev–Trinajstić information content (AvgIpc) is 2.51. The van der Waals surface area contributed by atoms with Crippen molar-refractivity contribution in [2.24, 2.45) is 5.73 Å². The lowest BCUT2D eigenvalue weighted by molar-refractivity contribution is 0.100. The van der Waals surface area contributed by atoms with Crippen LogP contribution in [0.3, 0.4) is 0 Å². The summed E-state index contributed by atoms with van der Waals surface area (Å²) in [6.45, 7) is 3.77. The summed E-state index contributed by atoms with van der Waals surface area (Å²) >= 11 is 0. The molecule has 1 amide bonds. The number of para-hydroxylation sites is 1. The van der Waals surface area contributed by atoms with Gasteiger partial charge in [-0.2, -0.15) is 0 Å². The van der Waals surface area contributed by atoms with E-state index < -0.39 is 5.91 Å². The molecule has 0 fully saturated rings. The first kappa shape index (κ1) is 11.3. The molecule has 0 bridgehead atoms. The second-order valence-electron chi connectivity index (χ2n) is 4.01. The van der Waals surface area contributed by atoms with Gasteiger partial charge in [0.25, 0.3) is 5.91 Å². The predicted octanol–water partition coefficient (Wildman–Crippen LogP) is 1.78. The molecule has 0 saturated heterocycles. The van der Waals surface area contributed by atoms with Gasteiger partial charge in [-0.15, -0.1) is 0 Å². The number of benzene rings is 1. The second-order valence-corrected chi connectivity index (χ2v) is 4.01. The van der Waals surface area contributed by atoms with Crippen molar-refractivity contribution in [2.45, 2.75) is 13.8 Å². The zero-order valence-corrected chi connectivity index (χ0v) is 9.90. The lowest BCUT2D eigenvalue weighted by Crippen LogP contribution is -2.14. The molecule has 1 aromatic carbocycles. The van der Waals surface area contributed by atoms with Gasteiger partial charge in [-0.3, -0.25) is 4.79 Å². The number of anilines is 1. The number of primary amides is 1. The van der Waals surface area contributed by atoms with Crippen molar-refractivity contribution in [3.63, 3.8) is 0 Å². The Morgan fingerprint density at radius 1 is 1.18 bits per heavy atom. The van der Waals surface area contributed by atoms with Gasteiger partial charge < -0.3 is 16.0 Å². The number of aromatic nitrogens is 1. The second kappa shape index (κ2) is 3.97. The van der Waals surface area contributed by atoms with Crippen LogP contribution < -0.4 is 11.5 Å². The molecule has 0 aliphatic carbocycles. The Hall–Kier alpha value is -2.23. The summed E-state index contributed by atoms with van der Waals surface area (Å²) < 4.78 is 1.84. The molecular formula is C13H15N3O. The van der Waals surface area contributed by atoms with E-state index in [9.17, 15) is 4.79 Å². The van der Waals surface area contributed by atoms with E-state index in [-0.39, 0.29) is 0 Å². The molecule has 0 unspecified atom stereocenters. The number of hydrogen-bond acceptors (Lipinski definition) is 2. The summed E-state index contributed by atoms with van der Waals surface area (Å²) in [5, 5.41) is 0. The monoisotopic (exact) mass is 229 g/mol. The highest BCUT2D eigenvalue weighted by atomic mass is 16.1. The molecule has 0 aliphatic heterocycles. The van der Waals surface area contributed by atoms with Crippen LogP contribution in [-0.2, 0) is 0 Å². The maximum atomic E-state index is 11.4. The Balaban J connectivity index is 2.72. The van der Waals surface area contributed by atoms with E-state index in [1.165, 1.54) is 0 Å². The maximum absolute atomic E-state index is 11.4. The van der Waals surface area contributed by atoms with Crippen LogP contribution in [0.15, 0.2) is 30.3 Å². The zero-order chi connectivity index (χ0) is 12.6. The lowest BCUT2D eigenvalue weighted by atomic mass is 10.1. The van der Waals surface area contributed by atoms with E-state index in [4.69, 9.17) is 11.5 Å². The average molecular weight is 229 g/mol. The Kier molecular flexibility index (Phi) is 2.63. The molecule has 0 atom stereocenters. The highest BCUT2D eigenvalue weighted by Crippen LogP contribution is 2.27. The number of rotatable bonds is 2. The van der Waals surface area contributed by atoms with Gasteiger partial charge in [0.15, 0.2) is 0 Å². The molecule has 1 aromatic heterocycles. The van der Waals surface area contributed by atoms with E-state index in [2.05, 4.69) is 0 Å². The van der Waals surface area contributed by atoms with Crippen molar-refractivity contribution in [3.8, 4) is 5.69 Å². The van der Waals surface area contributed by atoms with Crippen LogP contribution in [-0.4, -0.2) is 10.5 Å². The van der Waals surface area contributed by atoms with Gasteiger partial charge in [0.1, 0.15) is 5.82 Å². The molecular weight excluding hydrogens is 214 g/mol. The third-order valence-electron chi connectivity index (χ3n) is 3.01. The third-order valence-corrected chi connectivity index (χ3v) is 3.01. The highest BCUT2D eigenvalue weighted by molar-refractivity contribution is 5.99. The van der Waals surface area contributed by atoms with Gasteiger partial charge in [0.05, 0.1) is 5.56 Å². The molecule has 17 heavy (non-hydrogen) atoms. The van der Waals surface area contributed by atoms with Crippen LogP contribution in [0.1, 0.15) is 21.6 Å². The van der Waals surface area contributed by atoms with Crippen molar-refractivity contribution in [3.05, 3.63) is 47.2 Å². The quantitative estimate of drug-likeness (QED) is 0.823. The summed E-state index contributed by atoms with van der Waals surface area (Å²) in [4.78, 5) is 11.4. The van der Waals surface area contributed by atoms with Crippen LogP contribution in [0.25, 0.3) is 5.69 Å². The Morgan fingerprint density at radius 2 is 1.76 bits per heavy atom. The smallest absolute Gasteiger partial charge is 0.252 e. The third kappa shape index (κ3) is 1.67. The van der Waals surface area contributed by atoms with Gasteiger partial charge in [-0.1, -0.05) is 18.2 Å². The minimum absolute atomic E-state index is 0.402. The molecule has 2 aromatic rings. The fraction of sp³-hybridized carbons (Fsp3) is 0.154. The number of hydrogen-bond donors (Lipinski definition) is 2. The fourth-order valence-corrected chi connectivity index (χ4v) is 2.05. The summed E-state index contributed by atoms with van der Waals surface area (Å²) in [6, 6.07) is 9.66. The molecule has 0 radical (unpaired) electrons. The van der Waals surface area contributed by atoms with E-state index in [0.717, 1.165) is 16.9 Å². The summed E-state index contributed by atoms with van der Waals surface area (Å²) in [6.07, 6.45) is 0. The van der Waals surface area contributed by atoms with Crippen molar-refractivity contribution in [1.29, 1.82) is 0 Å². The van der Waals surface area contributed by atoms with Crippen molar-refractivity contribution in [1.82, 2.24) is 4.57 Å². The molecule has 88 valence electrons. The predicted molar refractivity (Wildman–Crippen MR) is 68.2 cm³/mol. The molecule has 0 aliphatic rings. The normalized spacial score (nSPS) is 10.5. The topological polar surface area (TPSA) is 74.0 Å². The Bertz CT molecular complexity index is 570. The summed E-state index contributed by atoms with van der Waals surface area (Å²) in [5.41, 5.74) is 14.4. The molecule has 4 N–H and O–H groups in total. The lowest BCUT2D eigenvalue weighted by Gasteiger charge is -2.08. The number of carbonyl (C=O) groups excluding carboxylic acids is 1. The van der Waals surface area contributed by atoms with Gasteiger partial charge >= 0.3 is 0 Å². The van der Waals surface area contributed by atoms with Crippen LogP contribution in [0, 0.1) is 13.8 Å². The van der Waals surface area contributed by atoms with Crippen LogP contribution >= 0.6 is 0 Å². The first-order valence-corrected chi connectivity index (χ1v) is 5.36. The Labute approximate surface area is 99.8 Å². The minimum Gasteiger partial charge on any atom is -0.384 e. The molecule has 0 saturated carbocycles. The molecule has 2 rings (SSSR count). The SMILES string of the molecule is Cc1c(C(N)=O)c(N)n(-c2ccccc2)c1C. The van der Waals surface area contributed by atoms with Gasteiger partial charge in [0.2, 0.25) is 0 Å². The standard InChI is InChI=1S/C13H15N3O/c1-8-9(2)16(10-6-4-3-5-7-10)12(14)11(8)13(15)17/h3-7H,14H2,1-2H3,(H2,15,17). The fourth-order valence-electron chi connectivity index (χ4n) is 2.05. The van der Waals surface area contributed by atoms with Crippen LogP contribution in [0.4, 0.5) is 5.82 Å². The van der Waals surface area contributed by atoms with E-state index in [0.29, 0.717) is 11.4 Å². The van der Waals surface area contributed by atoms with Gasteiger partial charge in [-0.25, -0.2) is 0 Å². The number of carbonyl (C=O) groups is 1. The van der Waals surface area contributed by atoms with Crippen molar-refractivity contribution < 1.29 is 4.79 Å². The zero-order valence-electron chi connectivity index (χ0n) is 9.90. The van der Waals surface area contributed by atoms with Crippen LogP contribution in [0.2, 0.25) is 0 Å².